The van der Waals surface area contributed by atoms with E-state index in [-0.39, 0.29) is 0 Å². The van der Waals surface area contributed by atoms with Crippen LogP contribution in [0, 0.1) is 0 Å². The number of nitrogens with zero attached hydrogens (tertiary/aromatic N) is 2. The molecule has 0 amide bonds. The van der Waals surface area contributed by atoms with Crippen LogP contribution in [0.3, 0.4) is 0 Å². The molecule has 5 rings (SSSR count). The van der Waals surface area contributed by atoms with E-state index < -0.39 is 0 Å². The first-order valence-corrected chi connectivity index (χ1v) is 9.50. The zero-order valence-corrected chi connectivity index (χ0v) is 14.2. The molecule has 0 saturated carbocycles. The number of fused-ring (bicyclic) bond motifs is 3. The predicted molar refractivity (Wildman–Crippen MR) is 99.4 cm³/mol. The third-order valence-electron chi connectivity index (χ3n) is 5.14. The van der Waals surface area contributed by atoms with Gasteiger partial charge in [0, 0.05) is 29.0 Å². The number of hydrogen-bond donors (Lipinski definition) is 2. The van der Waals surface area contributed by atoms with Gasteiger partial charge in [-0.1, -0.05) is 18.2 Å². The topological polar surface area (TPSA) is 49.8 Å². The molecule has 4 nitrogen and oxygen atoms in total. The molecular formula is C19H20N4S. The summed E-state index contributed by atoms with van der Waals surface area (Å²) in [6, 6.07) is 14.5. The van der Waals surface area contributed by atoms with Crippen LogP contribution >= 0.6 is 11.3 Å². The zero-order valence-electron chi connectivity index (χ0n) is 13.4. The third-order valence-corrected chi connectivity index (χ3v) is 6.28. The highest BCUT2D eigenvalue weighted by atomic mass is 32.1. The summed E-state index contributed by atoms with van der Waals surface area (Å²) in [4.78, 5) is 10.4. The van der Waals surface area contributed by atoms with Crippen molar-refractivity contribution in [3.8, 4) is 10.6 Å². The molecule has 2 aliphatic rings. The summed E-state index contributed by atoms with van der Waals surface area (Å²) in [7, 11) is 0. The first kappa shape index (κ1) is 14.4. The van der Waals surface area contributed by atoms with Crippen LogP contribution < -0.4 is 10.6 Å². The fourth-order valence-electron chi connectivity index (χ4n) is 4.03. The Morgan fingerprint density at radius 3 is 2.75 bits per heavy atom. The van der Waals surface area contributed by atoms with Crippen molar-refractivity contribution in [3.63, 3.8) is 0 Å². The lowest BCUT2D eigenvalue weighted by atomic mass is 10.0. The number of thiophene rings is 1. The molecule has 0 radical (unpaired) electrons. The second-order valence-corrected chi connectivity index (χ2v) is 7.95. The highest BCUT2D eigenvalue weighted by Gasteiger charge is 2.33. The van der Waals surface area contributed by atoms with Gasteiger partial charge in [-0.2, -0.15) is 0 Å². The molecule has 1 unspecified atom stereocenters. The molecule has 2 aliphatic heterocycles. The highest BCUT2D eigenvalue weighted by Crippen LogP contribution is 2.33. The average molecular weight is 336 g/mol. The van der Waals surface area contributed by atoms with E-state index in [4.69, 9.17) is 4.98 Å². The van der Waals surface area contributed by atoms with E-state index in [0.717, 1.165) is 11.6 Å². The van der Waals surface area contributed by atoms with E-state index in [2.05, 4.69) is 45.9 Å². The van der Waals surface area contributed by atoms with Crippen molar-refractivity contribution in [2.24, 2.45) is 0 Å². The van der Waals surface area contributed by atoms with Gasteiger partial charge in [0.15, 0.2) is 0 Å². The first-order chi connectivity index (χ1) is 11.8. The quantitative estimate of drug-likeness (QED) is 0.757. The van der Waals surface area contributed by atoms with E-state index in [0.29, 0.717) is 18.1 Å². The Kier molecular flexibility index (Phi) is 3.49. The summed E-state index contributed by atoms with van der Waals surface area (Å²) in [5.41, 5.74) is 1.01. The molecule has 24 heavy (non-hydrogen) atoms. The van der Waals surface area contributed by atoms with Gasteiger partial charge in [0.05, 0.1) is 10.6 Å². The van der Waals surface area contributed by atoms with Gasteiger partial charge in [-0.3, -0.25) is 0 Å². The average Bonchev–Trinajstić information content (AvgIpc) is 3.18. The number of piperidine rings is 1. The maximum atomic E-state index is 4.77. The van der Waals surface area contributed by atoms with E-state index in [1.165, 1.54) is 40.6 Å². The Hall–Kier alpha value is -1.98. The minimum absolute atomic E-state index is 0.487. The molecule has 2 bridgehead atoms. The van der Waals surface area contributed by atoms with E-state index in [9.17, 15) is 0 Å². The number of aromatic nitrogens is 2. The molecule has 122 valence electrons. The van der Waals surface area contributed by atoms with Gasteiger partial charge in [0.1, 0.15) is 0 Å². The second-order valence-electron chi connectivity index (χ2n) is 6.86. The number of rotatable bonds is 3. The summed E-state index contributed by atoms with van der Waals surface area (Å²) in [6.07, 6.45) is 6.84. The van der Waals surface area contributed by atoms with Crippen LogP contribution in [0.2, 0.25) is 0 Å². The normalized spacial score (nSPS) is 25.9. The highest BCUT2D eigenvalue weighted by molar-refractivity contribution is 7.22. The Morgan fingerprint density at radius 1 is 1.08 bits per heavy atom. The number of hydrogen-bond acceptors (Lipinski definition) is 5. The SMILES string of the molecule is c1ccc2sc(-c3ccnc(NC4C[C@H]5CC[C@@H](C4)N5)n3)cc2c1. The van der Waals surface area contributed by atoms with Crippen LogP contribution in [0.5, 0.6) is 0 Å². The molecule has 0 aliphatic carbocycles. The maximum Gasteiger partial charge on any atom is 0.223 e. The largest absolute Gasteiger partial charge is 0.351 e. The standard InChI is InChI=1S/C19H20N4S/c1-2-4-17-12(3-1)9-18(24-17)16-7-8-20-19(23-16)22-15-10-13-5-6-14(11-15)21-13/h1-4,7-9,13-15,21H,5-6,10-11H2,(H,20,22,23)/t13-,14+,15?. The molecule has 4 heterocycles. The van der Waals surface area contributed by atoms with Crippen molar-refractivity contribution in [1.82, 2.24) is 15.3 Å². The molecule has 5 heteroatoms. The van der Waals surface area contributed by atoms with Crippen molar-refractivity contribution in [1.29, 1.82) is 0 Å². The van der Waals surface area contributed by atoms with Crippen LogP contribution in [0.1, 0.15) is 25.7 Å². The number of nitrogens with one attached hydrogen (secondary N) is 2. The van der Waals surface area contributed by atoms with E-state index >= 15 is 0 Å². The van der Waals surface area contributed by atoms with E-state index in [1.807, 2.05) is 12.3 Å². The van der Waals surface area contributed by atoms with Gasteiger partial charge in [-0.25, -0.2) is 9.97 Å². The number of anilines is 1. The molecular weight excluding hydrogens is 316 g/mol. The lowest BCUT2D eigenvalue weighted by Gasteiger charge is -2.29. The zero-order chi connectivity index (χ0) is 15.9. The van der Waals surface area contributed by atoms with Crippen molar-refractivity contribution < 1.29 is 0 Å². The fraction of sp³-hybridized carbons (Fsp3) is 0.368. The predicted octanol–water partition coefficient (Wildman–Crippen LogP) is 4.05. The van der Waals surface area contributed by atoms with Crippen molar-refractivity contribution in [2.75, 3.05) is 5.32 Å². The minimum atomic E-state index is 0.487. The minimum Gasteiger partial charge on any atom is -0.351 e. The van der Waals surface area contributed by atoms with Gasteiger partial charge in [-0.15, -0.1) is 11.3 Å². The lowest BCUT2D eigenvalue weighted by molar-refractivity contribution is 0.377. The number of benzene rings is 1. The first-order valence-electron chi connectivity index (χ1n) is 8.68. The molecule has 3 atom stereocenters. The third kappa shape index (κ3) is 2.68. The Bertz CT molecular complexity index is 829. The Balaban J connectivity index is 1.39. The monoisotopic (exact) mass is 336 g/mol. The van der Waals surface area contributed by atoms with Gasteiger partial charge in [0.2, 0.25) is 5.95 Å². The van der Waals surface area contributed by atoms with Crippen molar-refractivity contribution in [3.05, 3.63) is 42.6 Å². The van der Waals surface area contributed by atoms with E-state index in [1.54, 1.807) is 11.3 Å². The maximum absolute atomic E-state index is 4.77. The van der Waals surface area contributed by atoms with Crippen molar-refractivity contribution >= 4 is 27.4 Å². The molecule has 1 aromatic carbocycles. The van der Waals surface area contributed by atoms with Crippen molar-refractivity contribution in [2.45, 2.75) is 43.8 Å². The molecule has 2 saturated heterocycles. The van der Waals surface area contributed by atoms with Gasteiger partial charge in [0.25, 0.3) is 0 Å². The molecule has 2 aromatic heterocycles. The molecule has 2 N–H and O–H groups in total. The Labute approximate surface area is 145 Å². The van der Waals surface area contributed by atoms with Crippen LogP contribution in [-0.4, -0.2) is 28.1 Å². The molecule has 2 fully saturated rings. The smallest absolute Gasteiger partial charge is 0.223 e. The van der Waals surface area contributed by atoms with Crippen LogP contribution in [0.25, 0.3) is 20.7 Å². The summed E-state index contributed by atoms with van der Waals surface area (Å²) >= 11 is 1.79. The van der Waals surface area contributed by atoms with Crippen LogP contribution in [-0.2, 0) is 0 Å². The summed E-state index contributed by atoms with van der Waals surface area (Å²) in [5.74, 6) is 0.760. The summed E-state index contributed by atoms with van der Waals surface area (Å²) in [6.45, 7) is 0. The molecule has 3 aromatic rings. The lowest BCUT2D eigenvalue weighted by Crippen LogP contribution is -2.43. The second kappa shape index (κ2) is 5.83. The van der Waals surface area contributed by atoms with Crippen LogP contribution in [0.4, 0.5) is 5.95 Å². The summed E-state index contributed by atoms with van der Waals surface area (Å²) in [5, 5.41) is 8.53. The molecule has 0 spiro atoms. The van der Waals surface area contributed by atoms with Crippen LogP contribution in [0.15, 0.2) is 42.6 Å². The van der Waals surface area contributed by atoms with Gasteiger partial charge in [-0.05, 0) is 49.3 Å². The summed E-state index contributed by atoms with van der Waals surface area (Å²) < 4.78 is 1.30. The van der Waals surface area contributed by atoms with Gasteiger partial charge < -0.3 is 10.6 Å². The van der Waals surface area contributed by atoms with Gasteiger partial charge >= 0.3 is 0 Å². The Morgan fingerprint density at radius 2 is 1.92 bits per heavy atom. The fourth-order valence-corrected chi connectivity index (χ4v) is 5.06.